The second kappa shape index (κ2) is 6.06. The van der Waals surface area contributed by atoms with Crippen LogP contribution in [0.3, 0.4) is 0 Å². The second-order valence-corrected chi connectivity index (χ2v) is 5.95. The molecule has 5 heteroatoms. The first kappa shape index (κ1) is 13.8. The molecule has 2 N–H and O–H groups in total. The van der Waals surface area contributed by atoms with Gasteiger partial charge in [-0.3, -0.25) is 4.90 Å². The number of rotatable bonds is 3. The van der Waals surface area contributed by atoms with Crippen molar-refractivity contribution >= 4 is 5.95 Å². The van der Waals surface area contributed by atoms with Gasteiger partial charge in [0.05, 0.1) is 5.69 Å². The molecule has 0 radical (unpaired) electrons. The van der Waals surface area contributed by atoms with Crippen LogP contribution in [0, 0.1) is 5.92 Å². The Morgan fingerprint density at radius 3 is 3.10 bits per heavy atom. The summed E-state index contributed by atoms with van der Waals surface area (Å²) in [6, 6.07) is 0. The van der Waals surface area contributed by atoms with Gasteiger partial charge in [0.1, 0.15) is 0 Å². The molecule has 3 rings (SSSR count). The van der Waals surface area contributed by atoms with Crippen LogP contribution in [0.5, 0.6) is 0 Å². The van der Waals surface area contributed by atoms with Crippen molar-refractivity contribution in [2.45, 2.75) is 32.7 Å². The van der Waals surface area contributed by atoms with Crippen molar-refractivity contribution in [1.29, 1.82) is 0 Å². The molecular formula is C15H25N5. The lowest BCUT2D eigenvalue weighted by atomic mass is 9.98. The fraction of sp³-hybridized carbons (Fsp3) is 0.733. The summed E-state index contributed by atoms with van der Waals surface area (Å²) in [5.41, 5.74) is 8.36. The quantitative estimate of drug-likeness (QED) is 0.893. The minimum Gasteiger partial charge on any atom is -0.340 e. The van der Waals surface area contributed by atoms with Crippen molar-refractivity contribution in [2.24, 2.45) is 11.7 Å². The van der Waals surface area contributed by atoms with Gasteiger partial charge in [-0.15, -0.1) is 0 Å². The molecule has 1 aromatic heterocycles. The van der Waals surface area contributed by atoms with Crippen LogP contribution in [0.2, 0.25) is 0 Å². The van der Waals surface area contributed by atoms with E-state index in [1.807, 2.05) is 6.20 Å². The minimum atomic E-state index is 0.596. The number of nitrogens with two attached hydrogens (primary N) is 1. The smallest absolute Gasteiger partial charge is 0.225 e. The Labute approximate surface area is 121 Å². The lowest BCUT2D eigenvalue weighted by Gasteiger charge is -2.33. The molecule has 1 unspecified atom stereocenters. The summed E-state index contributed by atoms with van der Waals surface area (Å²) in [6.07, 6.45) is 5.52. The number of piperidine rings is 1. The molecule has 1 saturated heterocycles. The van der Waals surface area contributed by atoms with Crippen LogP contribution < -0.4 is 10.6 Å². The van der Waals surface area contributed by atoms with Crippen molar-refractivity contribution in [3.05, 3.63) is 17.5 Å². The van der Waals surface area contributed by atoms with E-state index in [-0.39, 0.29) is 0 Å². The van der Waals surface area contributed by atoms with Gasteiger partial charge in [0.25, 0.3) is 0 Å². The lowest BCUT2D eigenvalue weighted by Crippen LogP contribution is -2.40. The van der Waals surface area contributed by atoms with Gasteiger partial charge in [-0.1, -0.05) is 6.92 Å². The Morgan fingerprint density at radius 2 is 2.30 bits per heavy atom. The average Bonchev–Trinajstić information content (AvgIpc) is 2.54. The zero-order chi connectivity index (χ0) is 13.9. The Kier molecular flexibility index (Phi) is 4.17. The molecule has 0 saturated carbocycles. The van der Waals surface area contributed by atoms with Crippen LogP contribution in [0.25, 0.3) is 0 Å². The zero-order valence-corrected chi connectivity index (χ0v) is 12.4. The highest BCUT2D eigenvalue weighted by Crippen LogP contribution is 2.22. The van der Waals surface area contributed by atoms with Gasteiger partial charge in [0.15, 0.2) is 0 Å². The average molecular weight is 275 g/mol. The van der Waals surface area contributed by atoms with Gasteiger partial charge in [-0.2, -0.15) is 0 Å². The Balaban J connectivity index is 1.75. The van der Waals surface area contributed by atoms with Crippen molar-refractivity contribution in [3.63, 3.8) is 0 Å². The molecular weight excluding hydrogens is 250 g/mol. The van der Waals surface area contributed by atoms with E-state index < -0.39 is 0 Å². The van der Waals surface area contributed by atoms with Gasteiger partial charge in [0, 0.05) is 44.4 Å². The number of nitrogens with zero attached hydrogens (tertiary/aromatic N) is 4. The zero-order valence-electron chi connectivity index (χ0n) is 12.4. The molecule has 3 heterocycles. The number of fused-ring (bicyclic) bond motifs is 1. The first-order valence-corrected chi connectivity index (χ1v) is 7.82. The first-order chi connectivity index (χ1) is 9.80. The molecule has 1 aromatic rings. The maximum Gasteiger partial charge on any atom is 0.225 e. The van der Waals surface area contributed by atoms with Crippen molar-refractivity contribution in [3.8, 4) is 0 Å². The third kappa shape index (κ3) is 2.79. The topological polar surface area (TPSA) is 58.3 Å². The van der Waals surface area contributed by atoms with Gasteiger partial charge in [-0.25, -0.2) is 9.97 Å². The van der Waals surface area contributed by atoms with Crippen LogP contribution in [0.4, 0.5) is 5.95 Å². The van der Waals surface area contributed by atoms with Crippen LogP contribution in [-0.2, 0) is 13.0 Å². The molecule has 2 aliphatic heterocycles. The normalized spacial score (nSPS) is 23.7. The highest BCUT2D eigenvalue weighted by Gasteiger charge is 2.23. The third-order valence-corrected chi connectivity index (χ3v) is 4.58. The maximum absolute atomic E-state index is 5.81. The summed E-state index contributed by atoms with van der Waals surface area (Å²) >= 11 is 0. The van der Waals surface area contributed by atoms with E-state index in [1.165, 1.54) is 24.1 Å². The number of hydrogen-bond acceptors (Lipinski definition) is 5. The molecule has 0 aromatic carbocycles. The highest BCUT2D eigenvalue weighted by atomic mass is 15.3. The molecule has 1 atom stereocenters. The molecule has 1 fully saturated rings. The largest absolute Gasteiger partial charge is 0.340 e. The molecule has 0 bridgehead atoms. The van der Waals surface area contributed by atoms with Crippen LogP contribution >= 0.6 is 0 Å². The number of aromatic nitrogens is 2. The van der Waals surface area contributed by atoms with E-state index in [4.69, 9.17) is 10.7 Å². The lowest BCUT2D eigenvalue weighted by molar-refractivity contribution is 0.265. The molecule has 5 nitrogen and oxygen atoms in total. The molecule has 0 spiro atoms. The van der Waals surface area contributed by atoms with Crippen LogP contribution in [-0.4, -0.2) is 47.6 Å². The summed E-state index contributed by atoms with van der Waals surface area (Å²) in [5.74, 6) is 1.51. The number of likely N-dealkylation sites (N-methyl/N-ethyl adjacent to an activating group) is 1. The van der Waals surface area contributed by atoms with E-state index in [1.54, 1.807) is 0 Å². The highest BCUT2D eigenvalue weighted by molar-refractivity contribution is 5.35. The fourth-order valence-corrected chi connectivity index (χ4v) is 3.23. The van der Waals surface area contributed by atoms with E-state index in [0.717, 1.165) is 51.6 Å². The van der Waals surface area contributed by atoms with E-state index in [0.29, 0.717) is 5.92 Å². The minimum absolute atomic E-state index is 0.596. The first-order valence-electron chi connectivity index (χ1n) is 7.82. The van der Waals surface area contributed by atoms with E-state index in [9.17, 15) is 0 Å². The SMILES string of the molecule is CCN1CCc2nc(N3CCCC(CN)C3)ncc2C1. The molecule has 0 amide bonds. The monoisotopic (exact) mass is 275 g/mol. The summed E-state index contributed by atoms with van der Waals surface area (Å²) in [4.78, 5) is 14.2. The van der Waals surface area contributed by atoms with Gasteiger partial charge >= 0.3 is 0 Å². The molecule has 2 aliphatic rings. The predicted molar refractivity (Wildman–Crippen MR) is 80.7 cm³/mol. The van der Waals surface area contributed by atoms with Crippen molar-refractivity contribution in [2.75, 3.05) is 37.6 Å². The summed E-state index contributed by atoms with van der Waals surface area (Å²) in [7, 11) is 0. The number of anilines is 1. The Hall–Kier alpha value is -1.20. The maximum atomic E-state index is 5.81. The Bertz CT molecular complexity index is 462. The number of hydrogen-bond donors (Lipinski definition) is 1. The molecule has 0 aliphatic carbocycles. The summed E-state index contributed by atoms with van der Waals surface area (Å²) in [5, 5.41) is 0. The van der Waals surface area contributed by atoms with Gasteiger partial charge in [-0.05, 0) is 31.8 Å². The standard InChI is InChI=1S/C15H25N5/c1-2-19-7-5-14-13(11-19)9-17-15(18-14)20-6-3-4-12(8-16)10-20/h9,12H,2-8,10-11,16H2,1H3. The Morgan fingerprint density at radius 1 is 1.40 bits per heavy atom. The van der Waals surface area contributed by atoms with Crippen LogP contribution in [0.1, 0.15) is 31.0 Å². The summed E-state index contributed by atoms with van der Waals surface area (Å²) < 4.78 is 0. The molecule has 20 heavy (non-hydrogen) atoms. The van der Waals surface area contributed by atoms with Gasteiger partial charge < -0.3 is 10.6 Å². The summed E-state index contributed by atoms with van der Waals surface area (Å²) in [6.45, 7) is 8.27. The second-order valence-electron chi connectivity index (χ2n) is 5.95. The van der Waals surface area contributed by atoms with Crippen molar-refractivity contribution < 1.29 is 0 Å². The van der Waals surface area contributed by atoms with E-state index in [2.05, 4.69) is 21.7 Å². The van der Waals surface area contributed by atoms with E-state index >= 15 is 0 Å². The van der Waals surface area contributed by atoms with Crippen LogP contribution in [0.15, 0.2) is 6.20 Å². The molecule has 110 valence electrons. The van der Waals surface area contributed by atoms with Crippen molar-refractivity contribution in [1.82, 2.24) is 14.9 Å². The fourth-order valence-electron chi connectivity index (χ4n) is 3.23. The van der Waals surface area contributed by atoms with Gasteiger partial charge in [0.2, 0.25) is 5.95 Å². The third-order valence-electron chi connectivity index (χ3n) is 4.58. The predicted octanol–water partition coefficient (Wildman–Crippen LogP) is 1.03.